The Hall–Kier alpha value is -0.270. The van der Waals surface area contributed by atoms with E-state index in [9.17, 15) is 0 Å². The summed E-state index contributed by atoms with van der Waals surface area (Å²) in [6.45, 7) is 0. The summed E-state index contributed by atoms with van der Waals surface area (Å²) in [6, 6.07) is 0. The van der Waals surface area contributed by atoms with Crippen LogP contribution in [0.25, 0.3) is 0 Å². The molecule has 5 heteroatoms. The monoisotopic (exact) mass is 218 g/mol. The van der Waals surface area contributed by atoms with Crippen LogP contribution in [0.2, 0.25) is 0 Å². The Kier molecular flexibility index (Phi) is 5.51. The van der Waals surface area contributed by atoms with Gasteiger partial charge in [0.2, 0.25) is 0 Å². The predicted molar refractivity (Wildman–Crippen MR) is 15.8 cm³/mol. The Morgan fingerprint density at radius 2 is 1.14 bits per heavy atom. The van der Waals surface area contributed by atoms with Gasteiger partial charge in [0.15, 0.2) is 0 Å². The molecule has 0 fully saturated rings. The second-order valence-corrected chi connectivity index (χ2v) is 0.575. The van der Waals surface area contributed by atoms with Crippen molar-refractivity contribution in [3.8, 4) is 0 Å². The molecule has 0 atom stereocenters. The summed E-state index contributed by atoms with van der Waals surface area (Å²) in [6.07, 6.45) is 0. The fourth-order valence-corrected chi connectivity index (χ4v) is 0. The van der Waals surface area contributed by atoms with E-state index in [0.29, 0.717) is 0 Å². The van der Waals surface area contributed by atoms with E-state index in [1.54, 1.807) is 0 Å². The molecule has 0 spiro atoms. The summed E-state index contributed by atoms with van der Waals surface area (Å²) in [5.74, 6) is -4.37. The fraction of sp³-hybridized carbons (Fsp3) is 0. The number of carbonyl (C=O) groups excluding carboxylic acids is 2. The molecular weight excluding hydrogens is 216 g/mol. The van der Waals surface area contributed by atoms with Gasteiger partial charge >= 0.3 is 23.7 Å². The van der Waals surface area contributed by atoms with Crippen LogP contribution in [0.5, 0.6) is 0 Å². The Morgan fingerprint density at radius 3 is 1.14 bits per heavy atom. The first-order valence-corrected chi connectivity index (χ1v) is 1.07. The van der Waals surface area contributed by atoms with Crippen LogP contribution in [0.15, 0.2) is 0 Å². The van der Waals surface area contributed by atoms with E-state index in [1.165, 1.54) is 0 Å². The van der Waals surface area contributed by atoms with Crippen molar-refractivity contribution < 1.29 is 19.8 Å². The maximum atomic E-state index is 8.93. The second-order valence-electron chi connectivity index (χ2n) is 0.575. The maximum Gasteiger partial charge on any atom is 2.00 e. The summed E-state index contributed by atoms with van der Waals surface area (Å²) in [5, 5.41) is 17.9. The molecule has 0 aromatic rings. The number of carboxylic acid groups (broad SMARTS) is 2. The normalized spacial score (nSPS) is 6.29. The van der Waals surface area contributed by atoms with Gasteiger partial charge in [0.05, 0.1) is 11.9 Å². The average Bonchev–Trinajstić information content (AvgIpc) is 1.36. The molecule has 0 N–H and O–H groups in total. The molecule has 0 bridgehead atoms. The van der Waals surface area contributed by atoms with Gasteiger partial charge in [-0.05, 0) is 0 Å². The molecule has 0 rings (SSSR count). The molecule has 0 unspecified atom stereocenters. The van der Waals surface area contributed by atoms with Crippen molar-refractivity contribution in [1.29, 1.82) is 0 Å². The molecular formula is C2O4Te. The minimum absolute atomic E-state index is 0. The Morgan fingerprint density at radius 1 is 1.00 bits per heavy atom. The van der Waals surface area contributed by atoms with E-state index in [1.807, 2.05) is 0 Å². The van der Waals surface area contributed by atoms with Gasteiger partial charge < -0.3 is 19.8 Å². The van der Waals surface area contributed by atoms with Crippen molar-refractivity contribution >= 4 is 35.6 Å². The smallest absolute Gasteiger partial charge is 0.543 e. The summed E-state index contributed by atoms with van der Waals surface area (Å²) in [7, 11) is 0. The van der Waals surface area contributed by atoms with E-state index < -0.39 is 11.9 Å². The number of carboxylic acids is 2. The van der Waals surface area contributed by atoms with Crippen LogP contribution in [0.4, 0.5) is 0 Å². The molecule has 0 amide bonds. The van der Waals surface area contributed by atoms with E-state index in [2.05, 4.69) is 0 Å². The van der Waals surface area contributed by atoms with Gasteiger partial charge in [0, 0.05) is 0 Å². The quantitative estimate of drug-likeness (QED) is 0.306. The summed E-state index contributed by atoms with van der Waals surface area (Å²) in [4.78, 5) is 17.9. The van der Waals surface area contributed by atoms with Crippen molar-refractivity contribution in [2.45, 2.75) is 0 Å². The standard InChI is InChI=1S/C2H2O4.Te/c3-1(4)2(5)6;/h(H,3,4)(H,5,6);/q;+2/p-2. The first kappa shape index (κ1) is 9.88. The van der Waals surface area contributed by atoms with Gasteiger partial charge in [-0.15, -0.1) is 0 Å². The molecule has 4 radical (unpaired) electrons. The molecule has 0 aliphatic rings. The van der Waals surface area contributed by atoms with Crippen molar-refractivity contribution in [3.05, 3.63) is 0 Å². The Labute approximate surface area is 55.9 Å². The topological polar surface area (TPSA) is 80.3 Å². The Balaban J connectivity index is 0. The van der Waals surface area contributed by atoms with E-state index in [-0.39, 0.29) is 23.7 Å². The number of aliphatic carboxylic acids is 2. The van der Waals surface area contributed by atoms with Gasteiger partial charge in [0.1, 0.15) is 0 Å². The first-order valence-electron chi connectivity index (χ1n) is 1.07. The number of carbonyl (C=O) groups is 2. The van der Waals surface area contributed by atoms with Crippen LogP contribution in [0.1, 0.15) is 0 Å². The van der Waals surface area contributed by atoms with Crippen molar-refractivity contribution in [2.24, 2.45) is 0 Å². The molecule has 0 aromatic heterocycles. The molecule has 0 aliphatic carbocycles. The minimum atomic E-state index is -2.19. The zero-order valence-electron chi connectivity index (χ0n) is 3.04. The molecule has 7 heavy (non-hydrogen) atoms. The van der Waals surface area contributed by atoms with Gasteiger partial charge in [-0.3, -0.25) is 0 Å². The third kappa shape index (κ3) is 5.73. The van der Waals surface area contributed by atoms with E-state index in [4.69, 9.17) is 19.8 Å². The zero-order valence-corrected chi connectivity index (χ0v) is 5.37. The number of hydrogen-bond donors (Lipinski definition) is 0. The summed E-state index contributed by atoms with van der Waals surface area (Å²) >= 11 is 0. The minimum Gasteiger partial charge on any atom is -0.543 e. The van der Waals surface area contributed by atoms with Crippen LogP contribution in [-0.4, -0.2) is 35.6 Å². The Bertz CT molecular complexity index is 75.7. The zero-order chi connectivity index (χ0) is 5.15. The van der Waals surface area contributed by atoms with Crippen LogP contribution in [0.3, 0.4) is 0 Å². The van der Waals surface area contributed by atoms with Gasteiger partial charge in [-0.1, -0.05) is 0 Å². The van der Waals surface area contributed by atoms with Crippen molar-refractivity contribution in [3.63, 3.8) is 0 Å². The van der Waals surface area contributed by atoms with Crippen LogP contribution in [0, 0.1) is 0 Å². The second kappa shape index (κ2) is 3.90. The van der Waals surface area contributed by atoms with Crippen molar-refractivity contribution in [2.75, 3.05) is 0 Å². The molecule has 0 saturated heterocycles. The molecule has 38 valence electrons. The summed E-state index contributed by atoms with van der Waals surface area (Å²) < 4.78 is 0. The maximum absolute atomic E-state index is 8.93. The van der Waals surface area contributed by atoms with Gasteiger partial charge in [-0.25, -0.2) is 0 Å². The molecule has 0 aliphatic heterocycles. The molecule has 0 heterocycles. The largest absolute Gasteiger partial charge is 2.00 e. The van der Waals surface area contributed by atoms with Crippen LogP contribution in [-0.2, 0) is 9.59 Å². The summed E-state index contributed by atoms with van der Waals surface area (Å²) in [5.41, 5.74) is 0. The third-order valence-corrected chi connectivity index (χ3v) is 0.167. The molecule has 0 saturated carbocycles. The molecule has 0 aromatic carbocycles. The fourth-order valence-electron chi connectivity index (χ4n) is 0. The average molecular weight is 216 g/mol. The van der Waals surface area contributed by atoms with E-state index >= 15 is 0 Å². The van der Waals surface area contributed by atoms with Crippen LogP contribution >= 0.6 is 0 Å². The van der Waals surface area contributed by atoms with Gasteiger partial charge in [0.25, 0.3) is 0 Å². The SMILES string of the molecule is O=C([O-])C(=O)[O-].[Te+2]. The van der Waals surface area contributed by atoms with E-state index in [0.717, 1.165) is 0 Å². The molecule has 4 nitrogen and oxygen atoms in total. The van der Waals surface area contributed by atoms with Gasteiger partial charge in [-0.2, -0.15) is 0 Å². The third-order valence-electron chi connectivity index (χ3n) is 0.167. The van der Waals surface area contributed by atoms with Crippen molar-refractivity contribution in [1.82, 2.24) is 0 Å². The predicted octanol–water partition coefficient (Wildman–Crippen LogP) is -3.89. The first-order chi connectivity index (χ1) is 2.64. The van der Waals surface area contributed by atoms with Crippen LogP contribution < -0.4 is 10.2 Å². The number of rotatable bonds is 0. The number of hydrogen-bond acceptors (Lipinski definition) is 4.